The van der Waals surface area contributed by atoms with Crippen molar-refractivity contribution >= 4 is 5.84 Å². The van der Waals surface area contributed by atoms with Gasteiger partial charge in [0.1, 0.15) is 5.84 Å². The Kier molecular flexibility index (Phi) is 5.49. The van der Waals surface area contributed by atoms with E-state index in [1.54, 1.807) is 0 Å². The summed E-state index contributed by atoms with van der Waals surface area (Å²) < 4.78 is 0. The fraction of sp³-hybridized carbons (Fsp3) is 0.938. The molecule has 2 atom stereocenters. The molecule has 0 aromatic carbocycles. The largest absolute Gasteiger partial charge is 0.409 e. The maximum atomic E-state index is 8.84. The Bertz CT molecular complexity index is 369. The van der Waals surface area contributed by atoms with Crippen molar-refractivity contribution in [3.8, 4) is 0 Å². The number of hydrogen-bond donors (Lipinski definition) is 2. The number of oxime groups is 1. The lowest BCUT2D eigenvalue weighted by atomic mass is 9.86. The minimum Gasteiger partial charge on any atom is -0.409 e. The van der Waals surface area contributed by atoms with Crippen LogP contribution in [0.3, 0.4) is 0 Å². The Labute approximate surface area is 129 Å². The zero-order chi connectivity index (χ0) is 15.5. The van der Waals surface area contributed by atoms with E-state index in [4.69, 9.17) is 10.9 Å². The van der Waals surface area contributed by atoms with Gasteiger partial charge in [0, 0.05) is 30.6 Å². The summed E-state index contributed by atoms with van der Waals surface area (Å²) in [6.07, 6.45) is 6.18. The van der Waals surface area contributed by atoms with Gasteiger partial charge in [0.05, 0.1) is 0 Å². The summed E-state index contributed by atoms with van der Waals surface area (Å²) in [6, 6.07) is 1.42. The molecule has 0 amide bonds. The van der Waals surface area contributed by atoms with E-state index in [1.807, 2.05) is 13.8 Å². The van der Waals surface area contributed by atoms with Gasteiger partial charge in [-0.1, -0.05) is 25.4 Å². The molecule has 2 heterocycles. The molecule has 0 aromatic rings. The lowest BCUT2D eigenvalue weighted by molar-refractivity contribution is 0.0140. The molecule has 2 unspecified atom stereocenters. The van der Waals surface area contributed by atoms with Gasteiger partial charge in [-0.2, -0.15) is 0 Å². The average Bonchev–Trinajstić information content (AvgIpc) is 2.46. The normalized spacial score (nSPS) is 29.4. The second-order valence-electron chi connectivity index (χ2n) is 7.46. The molecule has 122 valence electrons. The molecule has 0 aromatic heterocycles. The number of hydrogen-bond acceptors (Lipinski definition) is 4. The Hall–Kier alpha value is -0.810. The van der Waals surface area contributed by atoms with Crippen LogP contribution in [0.25, 0.3) is 0 Å². The first-order valence-electron chi connectivity index (χ1n) is 8.40. The minimum absolute atomic E-state index is 0.218. The van der Waals surface area contributed by atoms with Crippen LogP contribution in [0.4, 0.5) is 0 Å². The van der Waals surface area contributed by atoms with Crippen molar-refractivity contribution in [1.82, 2.24) is 9.80 Å². The van der Waals surface area contributed by atoms with E-state index in [-0.39, 0.29) is 5.41 Å². The highest BCUT2D eigenvalue weighted by atomic mass is 16.4. The molecule has 2 fully saturated rings. The number of fused-ring (bicyclic) bond motifs is 1. The maximum Gasteiger partial charge on any atom is 0.144 e. The topological polar surface area (TPSA) is 65.1 Å². The first kappa shape index (κ1) is 16.6. The van der Waals surface area contributed by atoms with Crippen LogP contribution in [0.1, 0.15) is 52.9 Å². The number of nitrogens with zero attached hydrogens (tertiary/aromatic N) is 3. The third-order valence-corrected chi connectivity index (χ3v) is 5.36. The van der Waals surface area contributed by atoms with Crippen LogP contribution in [0.2, 0.25) is 0 Å². The molecule has 0 bridgehead atoms. The van der Waals surface area contributed by atoms with E-state index in [1.165, 1.54) is 38.9 Å². The van der Waals surface area contributed by atoms with Crippen LogP contribution in [0.5, 0.6) is 0 Å². The molecule has 2 aliphatic rings. The molecule has 5 nitrogen and oxygen atoms in total. The van der Waals surface area contributed by atoms with Gasteiger partial charge in [0.2, 0.25) is 0 Å². The van der Waals surface area contributed by atoms with E-state index in [0.717, 1.165) is 25.4 Å². The van der Waals surface area contributed by atoms with Gasteiger partial charge in [-0.05, 0) is 45.7 Å². The summed E-state index contributed by atoms with van der Waals surface area (Å²) in [6.45, 7) is 11.3. The summed E-state index contributed by atoms with van der Waals surface area (Å²) in [5.74, 6) is 0.340. The van der Waals surface area contributed by atoms with Crippen LogP contribution in [0.15, 0.2) is 5.16 Å². The van der Waals surface area contributed by atoms with Crippen molar-refractivity contribution < 1.29 is 5.21 Å². The van der Waals surface area contributed by atoms with Gasteiger partial charge in [0.15, 0.2) is 0 Å². The van der Waals surface area contributed by atoms with E-state index in [0.29, 0.717) is 11.9 Å². The van der Waals surface area contributed by atoms with Gasteiger partial charge in [-0.25, -0.2) is 0 Å². The molecule has 0 saturated carbocycles. The quantitative estimate of drug-likeness (QED) is 0.353. The highest BCUT2D eigenvalue weighted by molar-refractivity contribution is 5.85. The molecule has 0 radical (unpaired) electrons. The van der Waals surface area contributed by atoms with Gasteiger partial charge in [-0.15, -0.1) is 0 Å². The molecule has 2 saturated heterocycles. The smallest absolute Gasteiger partial charge is 0.144 e. The Morgan fingerprint density at radius 2 is 2.10 bits per heavy atom. The van der Waals surface area contributed by atoms with Crippen molar-refractivity contribution in [2.45, 2.75) is 65.0 Å². The first-order chi connectivity index (χ1) is 9.94. The molecule has 2 aliphatic heterocycles. The standard InChI is InChI=1S/C16H32N4O/c1-13-11-20-9-5-4-7-14(20)12-19(13)10-6-8-16(2,3)15(17)18-21/h13-14,21H,4-12H2,1-3H3,(H2,17,18). The zero-order valence-electron chi connectivity index (χ0n) is 13.9. The van der Waals surface area contributed by atoms with Gasteiger partial charge in [0.25, 0.3) is 0 Å². The first-order valence-corrected chi connectivity index (χ1v) is 8.40. The van der Waals surface area contributed by atoms with Crippen molar-refractivity contribution in [1.29, 1.82) is 0 Å². The van der Waals surface area contributed by atoms with E-state index in [2.05, 4.69) is 21.9 Å². The number of piperidine rings is 1. The molecule has 0 aliphatic carbocycles. The summed E-state index contributed by atoms with van der Waals surface area (Å²) in [5.41, 5.74) is 5.55. The van der Waals surface area contributed by atoms with Crippen molar-refractivity contribution in [3.63, 3.8) is 0 Å². The van der Waals surface area contributed by atoms with Crippen LogP contribution < -0.4 is 5.73 Å². The van der Waals surface area contributed by atoms with Gasteiger partial charge in [-0.3, -0.25) is 9.80 Å². The van der Waals surface area contributed by atoms with Gasteiger partial charge < -0.3 is 10.9 Å². The van der Waals surface area contributed by atoms with Crippen molar-refractivity contribution in [2.24, 2.45) is 16.3 Å². The van der Waals surface area contributed by atoms with Gasteiger partial charge >= 0.3 is 0 Å². The predicted octanol–water partition coefficient (Wildman–Crippen LogP) is 2.10. The molecule has 3 N–H and O–H groups in total. The van der Waals surface area contributed by atoms with Crippen molar-refractivity contribution in [3.05, 3.63) is 0 Å². The molecular weight excluding hydrogens is 264 g/mol. The molecule has 0 spiro atoms. The van der Waals surface area contributed by atoms with Crippen LogP contribution >= 0.6 is 0 Å². The van der Waals surface area contributed by atoms with Crippen LogP contribution in [0, 0.1) is 5.41 Å². The zero-order valence-corrected chi connectivity index (χ0v) is 13.9. The lowest BCUT2D eigenvalue weighted by Gasteiger charge is -2.47. The maximum absolute atomic E-state index is 8.84. The molecular formula is C16H32N4O. The van der Waals surface area contributed by atoms with Crippen molar-refractivity contribution in [2.75, 3.05) is 26.2 Å². The Balaban J connectivity index is 1.80. The summed E-state index contributed by atoms with van der Waals surface area (Å²) in [4.78, 5) is 5.32. The average molecular weight is 296 g/mol. The highest BCUT2D eigenvalue weighted by Gasteiger charge is 2.33. The summed E-state index contributed by atoms with van der Waals surface area (Å²) >= 11 is 0. The van der Waals surface area contributed by atoms with Crippen LogP contribution in [-0.4, -0.2) is 59.1 Å². The Morgan fingerprint density at radius 3 is 2.81 bits per heavy atom. The number of nitrogens with two attached hydrogens (primary N) is 1. The third kappa shape index (κ3) is 4.10. The number of piperazine rings is 1. The molecule has 5 heteroatoms. The summed E-state index contributed by atoms with van der Waals surface area (Å²) in [5, 5.41) is 12.0. The number of rotatable bonds is 5. The van der Waals surface area contributed by atoms with E-state index >= 15 is 0 Å². The minimum atomic E-state index is -0.218. The monoisotopic (exact) mass is 296 g/mol. The SMILES string of the molecule is CC1CN2CCCCC2CN1CCCC(C)(C)C(N)=NO. The van der Waals surface area contributed by atoms with Crippen LogP contribution in [-0.2, 0) is 0 Å². The molecule has 21 heavy (non-hydrogen) atoms. The highest BCUT2D eigenvalue weighted by Crippen LogP contribution is 2.26. The van der Waals surface area contributed by atoms with E-state index in [9.17, 15) is 0 Å². The second kappa shape index (κ2) is 6.97. The third-order valence-electron chi connectivity index (χ3n) is 5.36. The fourth-order valence-corrected chi connectivity index (χ4v) is 3.71. The lowest BCUT2D eigenvalue weighted by Crippen LogP contribution is -2.58. The molecule has 2 rings (SSSR count). The predicted molar refractivity (Wildman–Crippen MR) is 86.7 cm³/mol. The Morgan fingerprint density at radius 1 is 1.33 bits per heavy atom. The second-order valence-corrected chi connectivity index (χ2v) is 7.46. The summed E-state index contributed by atoms with van der Waals surface area (Å²) in [7, 11) is 0. The van der Waals surface area contributed by atoms with E-state index < -0.39 is 0 Å². The number of amidine groups is 1. The fourth-order valence-electron chi connectivity index (χ4n) is 3.71.